The normalized spacial score (nSPS) is 20.1. The molecule has 1 aromatic carbocycles. The van der Waals surface area contributed by atoms with Crippen LogP contribution in [0, 0.1) is 17.2 Å². The summed E-state index contributed by atoms with van der Waals surface area (Å²) < 4.78 is 13.2. The van der Waals surface area contributed by atoms with Crippen LogP contribution in [-0.4, -0.2) is 40.0 Å². The first-order valence-corrected chi connectivity index (χ1v) is 11.1. The molecular formula is C25H25N5O3. The number of benzene rings is 1. The molecule has 1 saturated carbocycles. The Hall–Kier alpha value is -3.70. The predicted molar refractivity (Wildman–Crippen MR) is 122 cm³/mol. The summed E-state index contributed by atoms with van der Waals surface area (Å²) in [6.45, 7) is 1.36. The first-order valence-electron chi connectivity index (χ1n) is 11.1. The average molecular weight is 444 g/mol. The first-order chi connectivity index (χ1) is 16.1. The topological polar surface area (TPSA) is 102 Å². The molecule has 1 amide bonds. The van der Waals surface area contributed by atoms with E-state index in [1.54, 1.807) is 10.9 Å². The van der Waals surface area contributed by atoms with Gasteiger partial charge in [0, 0.05) is 38.2 Å². The van der Waals surface area contributed by atoms with Gasteiger partial charge in [0.25, 0.3) is 0 Å². The van der Waals surface area contributed by atoms with Crippen molar-refractivity contribution >= 4 is 11.7 Å². The third-order valence-corrected chi connectivity index (χ3v) is 6.19. The molecule has 2 aromatic heterocycles. The number of carbonyl (C=O) groups excluding carboxylic acids is 1. The maximum atomic E-state index is 12.7. The van der Waals surface area contributed by atoms with Crippen molar-refractivity contribution in [2.45, 2.75) is 31.3 Å². The Morgan fingerprint density at radius 2 is 2.06 bits per heavy atom. The zero-order valence-corrected chi connectivity index (χ0v) is 18.4. The van der Waals surface area contributed by atoms with Crippen LogP contribution in [0.4, 0.5) is 5.82 Å². The highest BCUT2D eigenvalue weighted by Crippen LogP contribution is 2.47. The van der Waals surface area contributed by atoms with E-state index in [-0.39, 0.29) is 23.8 Å². The minimum Gasteiger partial charge on any atom is -0.489 e. The Morgan fingerprint density at radius 1 is 1.24 bits per heavy atom. The van der Waals surface area contributed by atoms with Crippen LogP contribution in [0.3, 0.4) is 0 Å². The van der Waals surface area contributed by atoms with Crippen LogP contribution < -0.4 is 10.1 Å². The molecular weight excluding hydrogens is 418 g/mol. The molecule has 8 nitrogen and oxygen atoms in total. The van der Waals surface area contributed by atoms with E-state index in [1.807, 2.05) is 49.8 Å². The Bertz CT molecular complexity index is 1210. The van der Waals surface area contributed by atoms with E-state index in [9.17, 15) is 10.1 Å². The van der Waals surface area contributed by atoms with E-state index in [4.69, 9.17) is 9.47 Å². The zero-order chi connectivity index (χ0) is 22.8. The highest BCUT2D eigenvalue weighted by atomic mass is 16.5. The molecule has 3 heterocycles. The van der Waals surface area contributed by atoms with Gasteiger partial charge in [0.1, 0.15) is 23.7 Å². The molecule has 0 radical (unpaired) electrons. The summed E-state index contributed by atoms with van der Waals surface area (Å²) in [5.41, 5.74) is 3.31. The zero-order valence-electron chi connectivity index (χ0n) is 18.4. The quantitative estimate of drug-likeness (QED) is 0.624. The van der Waals surface area contributed by atoms with Crippen molar-refractivity contribution in [3.8, 4) is 22.9 Å². The number of nitrogens with zero attached hydrogens (tertiary/aromatic N) is 4. The lowest BCUT2D eigenvalue weighted by Crippen LogP contribution is -2.26. The minimum absolute atomic E-state index is 0.0357. The van der Waals surface area contributed by atoms with Crippen molar-refractivity contribution in [1.82, 2.24) is 14.8 Å². The van der Waals surface area contributed by atoms with Gasteiger partial charge in [0.15, 0.2) is 0 Å². The summed E-state index contributed by atoms with van der Waals surface area (Å²) in [7, 11) is 1.87. The monoisotopic (exact) mass is 443 g/mol. The molecule has 33 heavy (non-hydrogen) atoms. The predicted octanol–water partition coefficient (Wildman–Crippen LogP) is 3.65. The number of carbonyl (C=O) groups is 1. The van der Waals surface area contributed by atoms with Crippen molar-refractivity contribution in [1.29, 1.82) is 5.26 Å². The fourth-order valence-corrected chi connectivity index (χ4v) is 4.26. The number of aryl methyl sites for hydroxylation is 1. The molecule has 2 atom stereocenters. The summed E-state index contributed by atoms with van der Waals surface area (Å²) in [6.07, 6.45) is 7.97. The molecule has 0 bridgehead atoms. The molecule has 168 valence electrons. The number of hydrogen-bond donors (Lipinski definition) is 1. The third-order valence-electron chi connectivity index (χ3n) is 6.19. The molecule has 3 aromatic rings. The van der Waals surface area contributed by atoms with E-state index >= 15 is 0 Å². The van der Waals surface area contributed by atoms with Crippen LogP contribution in [0.15, 0.2) is 48.9 Å². The summed E-state index contributed by atoms with van der Waals surface area (Å²) in [5.74, 6) is 1.20. The van der Waals surface area contributed by atoms with Crippen LogP contribution in [0.25, 0.3) is 11.1 Å². The molecule has 5 rings (SSSR count). The Kier molecular flexibility index (Phi) is 5.80. The van der Waals surface area contributed by atoms with Gasteiger partial charge in [-0.25, -0.2) is 4.98 Å². The number of anilines is 1. The summed E-state index contributed by atoms with van der Waals surface area (Å²) in [6, 6.07) is 11.5. The Morgan fingerprint density at radius 3 is 2.82 bits per heavy atom. The van der Waals surface area contributed by atoms with Crippen molar-refractivity contribution < 1.29 is 14.3 Å². The number of amides is 1. The second-order valence-corrected chi connectivity index (χ2v) is 8.57. The first kappa shape index (κ1) is 21.2. The molecule has 2 fully saturated rings. The number of aromatic nitrogens is 3. The average Bonchev–Trinajstić information content (AvgIpc) is 3.53. The minimum atomic E-state index is -0.0635. The lowest BCUT2D eigenvalue weighted by Gasteiger charge is -2.23. The van der Waals surface area contributed by atoms with E-state index in [0.717, 1.165) is 36.0 Å². The largest absolute Gasteiger partial charge is 0.489 e. The maximum Gasteiger partial charge on any atom is 0.229 e. The fourth-order valence-electron chi connectivity index (χ4n) is 4.26. The van der Waals surface area contributed by atoms with Gasteiger partial charge in [-0.15, -0.1) is 0 Å². The highest BCUT2D eigenvalue weighted by molar-refractivity contribution is 5.95. The number of hydrogen-bond acceptors (Lipinski definition) is 6. The number of ether oxygens (including phenoxy) is 2. The molecule has 0 spiro atoms. The van der Waals surface area contributed by atoms with E-state index < -0.39 is 0 Å². The van der Waals surface area contributed by atoms with Gasteiger partial charge in [-0.2, -0.15) is 10.4 Å². The summed E-state index contributed by atoms with van der Waals surface area (Å²) in [4.78, 5) is 17.0. The number of nitrogens with one attached hydrogen (secondary N) is 1. The van der Waals surface area contributed by atoms with E-state index in [0.29, 0.717) is 30.3 Å². The van der Waals surface area contributed by atoms with Gasteiger partial charge in [0.2, 0.25) is 5.91 Å². The highest BCUT2D eigenvalue weighted by Gasteiger charge is 2.44. The Balaban J connectivity index is 1.27. The third kappa shape index (κ3) is 4.73. The van der Waals surface area contributed by atoms with Gasteiger partial charge in [-0.1, -0.05) is 6.07 Å². The molecule has 1 saturated heterocycles. The number of nitriles is 1. The fraction of sp³-hybridized carbons (Fsp3) is 0.360. The SMILES string of the molecule is Cn1cc([C@@H]2C[C@H]2C(=O)Nc2cc(-c3ccc(OC4CCOCC4)c(C#N)c3)ccn2)cn1. The number of pyridine rings is 1. The van der Waals surface area contributed by atoms with Gasteiger partial charge >= 0.3 is 0 Å². The maximum absolute atomic E-state index is 12.7. The van der Waals surface area contributed by atoms with E-state index in [2.05, 4.69) is 21.5 Å². The van der Waals surface area contributed by atoms with Gasteiger partial charge in [0.05, 0.1) is 25.0 Å². The van der Waals surface area contributed by atoms with Gasteiger partial charge in [-0.3, -0.25) is 9.48 Å². The van der Waals surface area contributed by atoms with Crippen LogP contribution in [0.2, 0.25) is 0 Å². The Labute approximate surface area is 192 Å². The molecule has 1 aliphatic heterocycles. The van der Waals surface area contributed by atoms with Crippen LogP contribution in [0.1, 0.15) is 36.3 Å². The lowest BCUT2D eigenvalue weighted by molar-refractivity contribution is -0.117. The van der Waals surface area contributed by atoms with Gasteiger partial charge in [-0.05, 0) is 53.3 Å². The summed E-state index contributed by atoms with van der Waals surface area (Å²) in [5, 5.41) is 16.8. The van der Waals surface area contributed by atoms with Crippen molar-refractivity contribution in [2.24, 2.45) is 13.0 Å². The number of rotatable bonds is 6. The molecule has 1 aliphatic carbocycles. The smallest absolute Gasteiger partial charge is 0.229 e. The second-order valence-electron chi connectivity index (χ2n) is 8.57. The standard InChI is InChI=1S/C25H25N5O3/c1-30-15-19(14-28-30)21-12-22(21)25(31)29-24-11-17(4-7-27-24)16-2-3-23(18(10-16)13-26)33-20-5-8-32-9-6-20/h2-4,7,10-11,14-15,20-22H,5-6,8-9,12H2,1H3,(H,27,29,31)/t21-,22+/m0/s1. The van der Waals surface area contributed by atoms with Crippen molar-refractivity contribution in [2.75, 3.05) is 18.5 Å². The van der Waals surface area contributed by atoms with Gasteiger partial charge < -0.3 is 14.8 Å². The van der Waals surface area contributed by atoms with Crippen LogP contribution in [-0.2, 0) is 16.6 Å². The van der Waals surface area contributed by atoms with Crippen LogP contribution in [0.5, 0.6) is 5.75 Å². The van der Waals surface area contributed by atoms with Crippen molar-refractivity contribution in [3.05, 3.63) is 60.0 Å². The molecule has 2 aliphatic rings. The molecule has 1 N–H and O–H groups in total. The molecule has 8 heteroatoms. The molecule has 0 unspecified atom stereocenters. The summed E-state index contributed by atoms with van der Waals surface area (Å²) >= 11 is 0. The van der Waals surface area contributed by atoms with Crippen LogP contribution >= 0.6 is 0 Å². The van der Waals surface area contributed by atoms with E-state index in [1.165, 1.54) is 0 Å². The lowest BCUT2D eigenvalue weighted by atomic mass is 10.0. The second kappa shape index (κ2) is 9.04. The van der Waals surface area contributed by atoms with Crippen molar-refractivity contribution in [3.63, 3.8) is 0 Å².